The van der Waals surface area contributed by atoms with E-state index in [-0.39, 0.29) is 56.0 Å². The Labute approximate surface area is 93.0 Å². The molecule has 5 nitrogen and oxygen atoms in total. The van der Waals surface area contributed by atoms with Crippen LogP contribution in [0.1, 0.15) is 0 Å². The molecule has 0 heterocycles. The standard InChI is InChI=1S/C6H12O5.Na/c7-1-2-10-3-4-11-5-6(8)9;/h7H,1-5H2,(H,8,9);/q;+1/p-1. The number of aliphatic hydroxyl groups is 1. The molecular formula is C6H11NaO5. The van der Waals surface area contributed by atoms with Gasteiger partial charge in [0.2, 0.25) is 0 Å². The minimum absolute atomic E-state index is 0. The maximum atomic E-state index is 9.77. The molecule has 0 spiro atoms. The molecule has 0 aliphatic heterocycles. The van der Waals surface area contributed by atoms with Crippen molar-refractivity contribution in [3.05, 3.63) is 0 Å². The number of ether oxygens (including phenoxy) is 2. The first-order valence-corrected chi connectivity index (χ1v) is 3.23. The average Bonchev–Trinajstić information content (AvgIpc) is 1.96. The number of hydrogen-bond acceptors (Lipinski definition) is 5. The van der Waals surface area contributed by atoms with Crippen LogP contribution in [0.5, 0.6) is 0 Å². The van der Waals surface area contributed by atoms with Crippen molar-refractivity contribution in [2.75, 3.05) is 33.0 Å². The van der Waals surface area contributed by atoms with E-state index in [1.165, 1.54) is 0 Å². The van der Waals surface area contributed by atoms with E-state index in [2.05, 4.69) is 4.74 Å². The molecule has 0 aromatic carbocycles. The van der Waals surface area contributed by atoms with Crippen molar-refractivity contribution < 1.29 is 54.0 Å². The Hall–Kier alpha value is 0.350. The zero-order chi connectivity index (χ0) is 8.53. The van der Waals surface area contributed by atoms with E-state index < -0.39 is 12.6 Å². The predicted molar refractivity (Wildman–Crippen MR) is 33.7 cm³/mol. The van der Waals surface area contributed by atoms with Crippen molar-refractivity contribution in [2.24, 2.45) is 0 Å². The third-order valence-electron chi connectivity index (χ3n) is 0.828. The Morgan fingerprint density at radius 1 is 1.25 bits per heavy atom. The minimum Gasteiger partial charge on any atom is -0.548 e. The monoisotopic (exact) mass is 186 g/mol. The molecule has 0 fully saturated rings. The van der Waals surface area contributed by atoms with Gasteiger partial charge in [0.25, 0.3) is 0 Å². The normalized spacial score (nSPS) is 9.08. The van der Waals surface area contributed by atoms with Crippen LogP contribution in [0.25, 0.3) is 0 Å². The van der Waals surface area contributed by atoms with Crippen molar-refractivity contribution in [2.45, 2.75) is 0 Å². The maximum Gasteiger partial charge on any atom is 1.00 e. The molecule has 0 aliphatic carbocycles. The summed E-state index contributed by atoms with van der Waals surface area (Å²) in [4.78, 5) is 9.77. The summed E-state index contributed by atoms with van der Waals surface area (Å²) >= 11 is 0. The van der Waals surface area contributed by atoms with Gasteiger partial charge in [-0.1, -0.05) is 0 Å². The van der Waals surface area contributed by atoms with Crippen LogP contribution in [0.2, 0.25) is 0 Å². The zero-order valence-corrected chi connectivity index (χ0v) is 9.12. The van der Waals surface area contributed by atoms with Crippen LogP contribution < -0.4 is 34.7 Å². The molecule has 0 radical (unpaired) electrons. The van der Waals surface area contributed by atoms with Crippen LogP contribution in [0.3, 0.4) is 0 Å². The molecule has 0 bridgehead atoms. The number of carboxylic acids is 1. The van der Waals surface area contributed by atoms with Gasteiger partial charge in [0.1, 0.15) is 0 Å². The quantitative estimate of drug-likeness (QED) is 0.317. The number of aliphatic hydroxyl groups excluding tert-OH is 1. The van der Waals surface area contributed by atoms with Crippen LogP contribution in [0.15, 0.2) is 0 Å². The fourth-order valence-electron chi connectivity index (χ4n) is 0.440. The van der Waals surface area contributed by atoms with E-state index in [1.54, 1.807) is 0 Å². The van der Waals surface area contributed by atoms with Crippen molar-refractivity contribution in [1.29, 1.82) is 0 Å². The number of carbonyl (C=O) groups excluding carboxylic acids is 1. The summed E-state index contributed by atoms with van der Waals surface area (Å²) in [5.41, 5.74) is 0. The number of rotatable bonds is 7. The van der Waals surface area contributed by atoms with E-state index >= 15 is 0 Å². The van der Waals surface area contributed by atoms with E-state index in [9.17, 15) is 9.90 Å². The second-order valence-electron chi connectivity index (χ2n) is 1.76. The van der Waals surface area contributed by atoms with Crippen LogP contribution >= 0.6 is 0 Å². The fraction of sp³-hybridized carbons (Fsp3) is 0.833. The smallest absolute Gasteiger partial charge is 0.548 e. The van der Waals surface area contributed by atoms with Crippen LogP contribution in [-0.4, -0.2) is 44.1 Å². The zero-order valence-electron chi connectivity index (χ0n) is 7.12. The van der Waals surface area contributed by atoms with Crippen molar-refractivity contribution in [1.82, 2.24) is 0 Å². The van der Waals surface area contributed by atoms with E-state index in [0.717, 1.165) is 0 Å². The predicted octanol–water partition coefficient (Wildman–Crippen LogP) is -5.23. The molecule has 0 aromatic heterocycles. The molecule has 0 saturated heterocycles. The van der Waals surface area contributed by atoms with E-state index in [4.69, 9.17) is 9.84 Å². The third-order valence-corrected chi connectivity index (χ3v) is 0.828. The van der Waals surface area contributed by atoms with Crippen molar-refractivity contribution in [3.8, 4) is 0 Å². The van der Waals surface area contributed by atoms with Crippen LogP contribution in [-0.2, 0) is 14.3 Å². The van der Waals surface area contributed by atoms with Gasteiger partial charge >= 0.3 is 29.6 Å². The van der Waals surface area contributed by atoms with Gasteiger partial charge in [-0.3, -0.25) is 0 Å². The topological polar surface area (TPSA) is 78.8 Å². The SMILES string of the molecule is O=C([O-])COCCOCCO.[Na+]. The van der Waals surface area contributed by atoms with Crippen LogP contribution in [0.4, 0.5) is 0 Å². The summed E-state index contributed by atoms with van der Waals surface area (Å²) in [7, 11) is 0. The summed E-state index contributed by atoms with van der Waals surface area (Å²) in [6.07, 6.45) is 0. The molecular weight excluding hydrogens is 175 g/mol. The van der Waals surface area contributed by atoms with Gasteiger partial charge in [-0.25, -0.2) is 0 Å². The van der Waals surface area contributed by atoms with Crippen molar-refractivity contribution >= 4 is 5.97 Å². The number of aliphatic carboxylic acids is 1. The Balaban J connectivity index is 0. The summed E-state index contributed by atoms with van der Waals surface area (Å²) in [5.74, 6) is -1.24. The van der Waals surface area contributed by atoms with Gasteiger partial charge < -0.3 is 24.5 Å². The molecule has 66 valence electrons. The number of carbonyl (C=O) groups is 1. The Bertz CT molecular complexity index is 108. The molecule has 0 unspecified atom stereocenters. The first kappa shape index (κ1) is 14.9. The molecule has 0 aromatic rings. The molecule has 0 rings (SSSR count). The summed E-state index contributed by atoms with van der Waals surface area (Å²) in [5, 5.41) is 18.0. The molecule has 1 N–H and O–H groups in total. The van der Waals surface area contributed by atoms with Gasteiger partial charge in [-0.2, -0.15) is 0 Å². The van der Waals surface area contributed by atoms with Gasteiger partial charge in [0, 0.05) is 0 Å². The van der Waals surface area contributed by atoms with Crippen LogP contribution in [0, 0.1) is 0 Å². The first-order chi connectivity index (χ1) is 5.27. The largest absolute Gasteiger partial charge is 1.00 e. The molecule has 0 amide bonds. The van der Waals surface area contributed by atoms with Gasteiger partial charge in [0.15, 0.2) is 0 Å². The number of carboxylic acid groups (broad SMARTS) is 1. The second-order valence-corrected chi connectivity index (χ2v) is 1.76. The van der Waals surface area contributed by atoms with Gasteiger partial charge in [-0.15, -0.1) is 0 Å². The minimum atomic E-state index is -1.24. The second kappa shape index (κ2) is 11.4. The summed E-state index contributed by atoms with van der Waals surface area (Å²) in [6, 6.07) is 0. The Morgan fingerprint density at radius 2 is 1.83 bits per heavy atom. The molecule has 0 saturated carbocycles. The molecule has 6 heteroatoms. The van der Waals surface area contributed by atoms with E-state index in [1.807, 2.05) is 0 Å². The van der Waals surface area contributed by atoms with Crippen molar-refractivity contribution in [3.63, 3.8) is 0 Å². The third kappa shape index (κ3) is 13.0. The Morgan fingerprint density at radius 3 is 2.33 bits per heavy atom. The van der Waals surface area contributed by atoms with Gasteiger partial charge in [-0.05, 0) is 0 Å². The molecule has 12 heavy (non-hydrogen) atoms. The fourth-order valence-corrected chi connectivity index (χ4v) is 0.440. The summed E-state index contributed by atoms with van der Waals surface area (Å²) in [6.45, 7) is 0.277. The Kier molecular flexibility index (Phi) is 14.0. The molecule has 0 atom stereocenters. The maximum absolute atomic E-state index is 9.77. The van der Waals surface area contributed by atoms with E-state index in [0.29, 0.717) is 0 Å². The number of hydrogen-bond donors (Lipinski definition) is 1. The van der Waals surface area contributed by atoms with Gasteiger partial charge in [0.05, 0.1) is 39.0 Å². The summed E-state index contributed by atoms with van der Waals surface area (Å²) < 4.78 is 9.35. The first-order valence-electron chi connectivity index (χ1n) is 3.23. The average molecular weight is 186 g/mol. The molecule has 0 aliphatic rings.